The SMILES string of the molecule is COc1ccc(C[C@H](NC(=O)CC(C)(C)NC(=O)OC(C)(C)C)C(=O)N[C@@H](Cc2cccs2)C(=O)N[C@@H](CC2CCCCC2)[C@@H](O)[C@@H](O)CC(C)C)cc1. The van der Waals surface area contributed by atoms with E-state index in [1.165, 1.54) is 11.3 Å². The van der Waals surface area contributed by atoms with Gasteiger partial charge in [0.1, 0.15) is 29.5 Å². The second kappa shape index (κ2) is 20.8. The molecule has 0 aliphatic heterocycles. The second-order valence-electron chi connectivity index (χ2n) is 16.7. The van der Waals surface area contributed by atoms with Gasteiger partial charge in [-0.05, 0) is 88.4 Å². The molecule has 1 heterocycles. The van der Waals surface area contributed by atoms with Crippen LogP contribution < -0.4 is 26.0 Å². The van der Waals surface area contributed by atoms with Crippen molar-refractivity contribution in [2.75, 3.05) is 7.11 Å². The first-order valence-electron chi connectivity index (χ1n) is 19.3. The van der Waals surface area contributed by atoms with E-state index in [1.807, 2.05) is 31.4 Å². The van der Waals surface area contributed by atoms with Crippen molar-refractivity contribution < 1.29 is 38.9 Å². The quantitative estimate of drug-likeness (QED) is 0.110. The van der Waals surface area contributed by atoms with Crippen LogP contribution in [0.4, 0.5) is 4.79 Å². The normalized spacial score (nSPS) is 16.7. The number of methoxy groups -OCH3 is 1. The Hall–Kier alpha value is -3.68. The molecule has 302 valence electrons. The summed E-state index contributed by atoms with van der Waals surface area (Å²) in [7, 11) is 1.56. The fourth-order valence-corrected chi connectivity index (χ4v) is 7.58. The Bertz CT molecular complexity index is 1470. The number of ether oxygens (including phenoxy) is 2. The zero-order chi connectivity index (χ0) is 40.1. The number of benzene rings is 1. The fraction of sp³-hybridized carbons (Fsp3) is 0.659. The third kappa shape index (κ3) is 16.0. The first-order chi connectivity index (χ1) is 25.3. The van der Waals surface area contributed by atoms with E-state index >= 15 is 0 Å². The van der Waals surface area contributed by atoms with Crippen molar-refractivity contribution >= 4 is 35.2 Å². The van der Waals surface area contributed by atoms with Crippen molar-refractivity contribution in [2.24, 2.45) is 11.8 Å². The summed E-state index contributed by atoms with van der Waals surface area (Å²) in [6, 6.07) is 8.04. The van der Waals surface area contributed by atoms with Crippen LogP contribution in [0.2, 0.25) is 0 Å². The van der Waals surface area contributed by atoms with Crippen molar-refractivity contribution in [3.8, 4) is 5.75 Å². The lowest BCUT2D eigenvalue weighted by Crippen LogP contribution is -2.58. The molecule has 0 unspecified atom stereocenters. The average Bonchev–Trinajstić information content (AvgIpc) is 3.59. The number of aliphatic hydroxyl groups is 2. The molecule has 0 bridgehead atoms. The molecule has 3 rings (SSSR count). The van der Waals surface area contributed by atoms with Crippen LogP contribution in [-0.2, 0) is 32.0 Å². The molecule has 1 fully saturated rings. The molecule has 1 aliphatic rings. The number of hydrogen-bond acceptors (Lipinski definition) is 9. The number of alkyl carbamates (subject to hydrolysis) is 1. The summed E-state index contributed by atoms with van der Waals surface area (Å²) in [5, 5.41) is 35.7. The van der Waals surface area contributed by atoms with Gasteiger partial charge in [0.15, 0.2) is 0 Å². The van der Waals surface area contributed by atoms with E-state index in [0.29, 0.717) is 24.5 Å². The Labute approximate surface area is 325 Å². The van der Waals surface area contributed by atoms with E-state index in [-0.39, 0.29) is 25.2 Å². The highest BCUT2D eigenvalue weighted by Crippen LogP contribution is 2.29. The highest BCUT2D eigenvalue weighted by Gasteiger charge is 2.35. The molecule has 1 aromatic carbocycles. The van der Waals surface area contributed by atoms with Gasteiger partial charge in [0.2, 0.25) is 17.7 Å². The molecule has 12 nitrogen and oxygen atoms in total. The van der Waals surface area contributed by atoms with Crippen molar-refractivity contribution in [3.63, 3.8) is 0 Å². The van der Waals surface area contributed by atoms with Crippen molar-refractivity contribution in [3.05, 3.63) is 52.2 Å². The van der Waals surface area contributed by atoms with Crippen LogP contribution in [0.25, 0.3) is 0 Å². The van der Waals surface area contributed by atoms with Gasteiger partial charge in [0, 0.05) is 29.7 Å². The van der Waals surface area contributed by atoms with Crippen LogP contribution in [0.5, 0.6) is 5.75 Å². The Balaban J connectivity index is 1.86. The molecule has 0 saturated heterocycles. The van der Waals surface area contributed by atoms with Crippen molar-refractivity contribution in [1.82, 2.24) is 21.3 Å². The first kappa shape index (κ1) is 44.7. The van der Waals surface area contributed by atoms with Crippen LogP contribution in [0.15, 0.2) is 41.8 Å². The van der Waals surface area contributed by atoms with Gasteiger partial charge in [-0.3, -0.25) is 14.4 Å². The molecule has 54 heavy (non-hydrogen) atoms. The topological polar surface area (TPSA) is 175 Å². The third-order valence-corrected chi connectivity index (χ3v) is 10.4. The number of thiophene rings is 1. The predicted octanol–water partition coefficient (Wildman–Crippen LogP) is 5.43. The molecule has 0 radical (unpaired) electrons. The summed E-state index contributed by atoms with van der Waals surface area (Å²) in [5.74, 6) is -0.464. The lowest BCUT2D eigenvalue weighted by atomic mass is 9.82. The maximum Gasteiger partial charge on any atom is 0.408 e. The average molecular weight is 773 g/mol. The molecule has 6 N–H and O–H groups in total. The maximum absolute atomic E-state index is 14.2. The lowest BCUT2D eigenvalue weighted by Gasteiger charge is -2.34. The molecule has 0 spiro atoms. The molecule has 1 aliphatic carbocycles. The Morgan fingerprint density at radius 3 is 2.07 bits per heavy atom. The Morgan fingerprint density at radius 1 is 0.870 bits per heavy atom. The molecular weight excluding hydrogens is 709 g/mol. The number of rotatable bonds is 19. The molecular formula is C41H64N4O8S. The summed E-state index contributed by atoms with van der Waals surface area (Å²) in [6.45, 7) is 12.6. The van der Waals surface area contributed by atoms with E-state index in [9.17, 15) is 29.4 Å². The van der Waals surface area contributed by atoms with E-state index in [0.717, 1.165) is 42.5 Å². The van der Waals surface area contributed by atoms with Crippen LogP contribution in [0.1, 0.15) is 110 Å². The summed E-state index contributed by atoms with van der Waals surface area (Å²) in [5.41, 5.74) is -0.988. The van der Waals surface area contributed by atoms with E-state index in [1.54, 1.807) is 66.0 Å². The Morgan fingerprint density at radius 2 is 1.50 bits per heavy atom. The predicted molar refractivity (Wildman–Crippen MR) is 211 cm³/mol. The van der Waals surface area contributed by atoms with Crippen LogP contribution in [-0.4, -0.2) is 82.6 Å². The van der Waals surface area contributed by atoms with Crippen LogP contribution >= 0.6 is 11.3 Å². The molecule has 5 atom stereocenters. The maximum atomic E-state index is 14.2. The van der Waals surface area contributed by atoms with Crippen LogP contribution in [0.3, 0.4) is 0 Å². The molecule has 13 heteroatoms. The second-order valence-corrected chi connectivity index (χ2v) is 17.8. The van der Waals surface area contributed by atoms with Gasteiger partial charge in [-0.2, -0.15) is 0 Å². The van der Waals surface area contributed by atoms with Crippen molar-refractivity contribution in [1.29, 1.82) is 0 Å². The zero-order valence-corrected chi connectivity index (χ0v) is 34.2. The largest absolute Gasteiger partial charge is 0.497 e. The number of amides is 4. The highest BCUT2D eigenvalue weighted by atomic mass is 32.1. The molecule has 4 amide bonds. The van der Waals surface area contributed by atoms with E-state index < -0.39 is 65.3 Å². The van der Waals surface area contributed by atoms with Gasteiger partial charge >= 0.3 is 6.09 Å². The highest BCUT2D eigenvalue weighted by molar-refractivity contribution is 7.09. The number of carbonyl (C=O) groups is 4. The molecule has 1 saturated carbocycles. The van der Waals surface area contributed by atoms with Gasteiger partial charge in [-0.1, -0.05) is 64.2 Å². The minimum absolute atomic E-state index is 0.110. The third-order valence-electron chi connectivity index (χ3n) is 9.47. The Kier molecular flexibility index (Phi) is 17.3. The fourth-order valence-electron chi connectivity index (χ4n) is 6.83. The standard InChI is InChI=1S/C41H64N4O8S/c1-26(2)21-34(46)36(48)31(22-27-13-10-9-11-14-27)43-38(50)33(24-30-15-12-20-54-30)44-37(49)32(23-28-16-18-29(52-8)19-17-28)42-35(47)25-41(6,7)45-39(51)53-40(3,4)5/h12,15-20,26-27,31-34,36,46,48H,9-11,13-14,21-25H2,1-8H3,(H,42,47)(H,43,50)(H,44,49)(H,45,51)/t31-,32-,33-,34-,36+/m0/s1. The number of aliphatic hydroxyl groups excluding tert-OH is 2. The minimum atomic E-state index is -1.18. The van der Waals surface area contributed by atoms with Crippen LogP contribution in [0, 0.1) is 11.8 Å². The smallest absolute Gasteiger partial charge is 0.408 e. The van der Waals surface area contributed by atoms with E-state index in [4.69, 9.17) is 9.47 Å². The monoisotopic (exact) mass is 772 g/mol. The molecule has 2 aromatic rings. The minimum Gasteiger partial charge on any atom is -0.497 e. The number of nitrogens with one attached hydrogen (secondary N) is 4. The summed E-state index contributed by atoms with van der Waals surface area (Å²) >= 11 is 1.45. The van der Waals surface area contributed by atoms with E-state index in [2.05, 4.69) is 21.3 Å². The zero-order valence-electron chi connectivity index (χ0n) is 33.4. The lowest BCUT2D eigenvalue weighted by molar-refractivity contribution is -0.133. The summed E-state index contributed by atoms with van der Waals surface area (Å²) in [4.78, 5) is 55.3. The van der Waals surface area contributed by atoms with Gasteiger partial charge < -0.3 is 41.0 Å². The summed E-state index contributed by atoms with van der Waals surface area (Å²) < 4.78 is 10.7. The van der Waals surface area contributed by atoms with Gasteiger partial charge in [-0.15, -0.1) is 11.3 Å². The van der Waals surface area contributed by atoms with Crippen molar-refractivity contribution in [2.45, 2.75) is 154 Å². The summed E-state index contributed by atoms with van der Waals surface area (Å²) in [6.07, 6.45) is 3.48. The molecule has 1 aromatic heterocycles. The number of hydrogen-bond donors (Lipinski definition) is 6. The van der Waals surface area contributed by atoms with Gasteiger partial charge in [0.25, 0.3) is 0 Å². The van der Waals surface area contributed by atoms with Gasteiger partial charge in [0.05, 0.1) is 19.3 Å². The number of carbonyl (C=O) groups excluding carboxylic acids is 4. The first-order valence-corrected chi connectivity index (χ1v) is 20.1. The van der Waals surface area contributed by atoms with Gasteiger partial charge in [-0.25, -0.2) is 4.79 Å².